The van der Waals surface area contributed by atoms with Crippen LogP contribution in [0.15, 0.2) is 54.6 Å². The summed E-state index contributed by atoms with van der Waals surface area (Å²) in [5.74, 6) is -0.857. The van der Waals surface area contributed by atoms with Gasteiger partial charge in [-0.05, 0) is 37.5 Å². The maximum Gasteiger partial charge on any atom is 0.340 e. The second-order valence-corrected chi connectivity index (χ2v) is 6.71. The predicted octanol–water partition coefficient (Wildman–Crippen LogP) is 4.14. The minimum absolute atomic E-state index is 0.164. The molecule has 2 aromatic carbocycles. The minimum Gasteiger partial charge on any atom is -0.452 e. The summed E-state index contributed by atoms with van der Waals surface area (Å²) < 4.78 is 5.31. The highest BCUT2D eigenvalue weighted by molar-refractivity contribution is 5.99. The lowest BCUT2D eigenvalue weighted by Crippen LogP contribution is -2.31. The van der Waals surface area contributed by atoms with Gasteiger partial charge in [0.05, 0.1) is 22.8 Å². The molecule has 1 amide bonds. The van der Waals surface area contributed by atoms with Gasteiger partial charge in [-0.25, -0.2) is 4.79 Å². The van der Waals surface area contributed by atoms with Gasteiger partial charge in [-0.1, -0.05) is 55.5 Å². The van der Waals surface area contributed by atoms with Crippen LogP contribution in [-0.4, -0.2) is 23.5 Å². The van der Waals surface area contributed by atoms with E-state index in [4.69, 9.17) is 4.74 Å². The van der Waals surface area contributed by atoms with Crippen molar-refractivity contribution in [3.05, 3.63) is 77.0 Å². The van der Waals surface area contributed by atoms with E-state index < -0.39 is 5.97 Å². The summed E-state index contributed by atoms with van der Waals surface area (Å²) in [4.78, 5) is 29.5. The Hall–Kier alpha value is -3.21. The molecule has 0 spiro atoms. The highest BCUT2D eigenvalue weighted by atomic mass is 16.5. The van der Waals surface area contributed by atoms with Crippen LogP contribution in [0, 0.1) is 6.92 Å². The molecule has 5 heteroatoms. The number of ether oxygens (including phenoxy) is 1. The maximum absolute atomic E-state index is 12.7. The molecule has 1 N–H and O–H groups in total. The first-order chi connectivity index (χ1) is 13.5. The van der Waals surface area contributed by atoms with E-state index in [0.717, 1.165) is 22.0 Å². The van der Waals surface area contributed by atoms with E-state index in [1.165, 1.54) is 0 Å². The standard InChI is InChI=1S/C23H24N2O3/c1-4-19-22(15(2)18-12-8-9-13-20(18)25-19)23(27)28-14-21(26)24-16(3)17-10-6-5-7-11-17/h5-13,16H,4,14H2,1-3H3,(H,24,26)/t16-/m0/s1. The van der Waals surface area contributed by atoms with Crippen molar-refractivity contribution in [3.63, 3.8) is 0 Å². The third-order valence-corrected chi connectivity index (χ3v) is 4.78. The van der Waals surface area contributed by atoms with Crippen LogP contribution in [0.4, 0.5) is 0 Å². The van der Waals surface area contributed by atoms with Crippen LogP contribution in [0.25, 0.3) is 10.9 Å². The number of carbonyl (C=O) groups excluding carboxylic acids is 2. The third kappa shape index (κ3) is 4.19. The molecule has 0 aliphatic carbocycles. The van der Waals surface area contributed by atoms with Crippen LogP contribution in [0.2, 0.25) is 0 Å². The maximum atomic E-state index is 12.7. The van der Waals surface area contributed by atoms with Gasteiger partial charge in [0.15, 0.2) is 6.61 Å². The second-order valence-electron chi connectivity index (χ2n) is 6.71. The quantitative estimate of drug-likeness (QED) is 0.657. The number of esters is 1. The molecule has 0 saturated carbocycles. The zero-order valence-electron chi connectivity index (χ0n) is 16.4. The first-order valence-electron chi connectivity index (χ1n) is 9.41. The number of hydrogen-bond donors (Lipinski definition) is 1. The summed E-state index contributed by atoms with van der Waals surface area (Å²) in [6, 6.07) is 17.2. The molecule has 1 aromatic heterocycles. The number of nitrogens with one attached hydrogen (secondary N) is 1. The molecular weight excluding hydrogens is 352 g/mol. The minimum atomic E-state index is -0.518. The molecule has 0 unspecified atom stereocenters. The molecular formula is C23H24N2O3. The summed E-state index contributed by atoms with van der Waals surface area (Å²) in [7, 11) is 0. The number of benzene rings is 2. The molecule has 5 nitrogen and oxygen atoms in total. The number of aryl methyl sites for hydroxylation is 2. The average molecular weight is 376 g/mol. The molecule has 0 aliphatic rings. The fourth-order valence-electron chi connectivity index (χ4n) is 3.28. The van der Waals surface area contributed by atoms with Crippen molar-refractivity contribution in [3.8, 4) is 0 Å². The van der Waals surface area contributed by atoms with E-state index in [1.807, 2.05) is 75.4 Å². The summed E-state index contributed by atoms with van der Waals surface area (Å²) >= 11 is 0. The molecule has 0 radical (unpaired) electrons. The number of nitrogens with zero attached hydrogens (tertiary/aromatic N) is 1. The van der Waals surface area contributed by atoms with Gasteiger partial charge in [0.2, 0.25) is 0 Å². The highest BCUT2D eigenvalue weighted by Gasteiger charge is 2.20. The molecule has 0 saturated heterocycles. The van der Waals surface area contributed by atoms with Crippen LogP contribution >= 0.6 is 0 Å². The lowest BCUT2D eigenvalue weighted by molar-refractivity contribution is -0.124. The Morgan fingerprint density at radius 2 is 1.75 bits per heavy atom. The number of fused-ring (bicyclic) bond motifs is 1. The number of pyridine rings is 1. The van der Waals surface area contributed by atoms with Crippen LogP contribution in [-0.2, 0) is 16.0 Å². The van der Waals surface area contributed by atoms with Crippen LogP contribution in [0.1, 0.15) is 47.1 Å². The lowest BCUT2D eigenvalue weighted by Gasteiger charge is -2.15. The lowest BCUT2D eigenvalue weighted by atomic mass is 10.0. The Bertz CT molecular complexity index is 999. The zero-order chi connectivity index (χ0) is 20.1. The van der Waals surface area contributed by atoms with Crippen molar-refractivity contribution in [2.75, 3.05) is 6.61 Å². The fraction of sp³-hybridized carbons (Fsp3) is 0.261. The molecule has 1 heterocycles. The van der Waals surface area contributed by atoms with Crippen molar-refractivity contribution < 1.29 is 14.3 Å². The summed E-state index contributed by atoms with van der Waals surface area (Å²) in [5, 5.41) is 3.75. The molecule has 3 aromatic rings. The van der Waals surface area contributed by atoms with Gasteiger partial charge in [-0.15, -0.1) is 0 Å². The monoisotopic (exact) mass is 376 g/mol. The fourth-order valence-corrected chi connectivity index (χ4v) is 3.28. The molecule has 144 valence electrons. The first kappa shape index (κ1) is 19.5. The Balaban J connectivity index is 1.71. The molecule has 0 bridgehead atoms. The van der Waals surface area contributed by atoms with E-state index in [2.05, 4.69) is 10.3 Å². The Morgan fingerprint density at radius 1 is 1.07 bits per heavy atom. The van der Waals surface area contributed by atoms with Crippen molar-refractivity contribution in [1.82, 2.24) is 10.3 Å². The van der Waals surface area contributed by atoms with E-state index in [1.54, 1.807) is 0 Å². The van der Waals surface area contributed by atoms with Crippen molar-refractivity contribution >= 4 is 22.8 Å². The summed E-state index contributed by atoms with van der Waals surface area (Å²) in [5.41, 5.74) is 3.79. The van der Waals surface area contributed by atoms with E-state index in [9.17, 15) is 9.59 Å². The van der Waals surface area contributed by atoms with Crippen molar-refractivity contribution in [2.24, 2.45) is 0 Å². The zero-order valence-corrected chi connectivity index (χ0v) is 16.4. The Kier molecular flexibility index (Phi) is 6.04. The van der Waals surface area contributed by atoms with Gasteiger partial charge in [0.1, 0.15) is 0 Å². The number of carbonyl (C=O) groups is 2. The van der Waals surface area contributed by atoms with E-state index in [0.29, 0.717) is 17.7 Å². The van der Waals surface area contributed by atoms with Gasteiger partial charge in [0.25, 0.3) is 5.91 Å². The topological polar surface area (TPSA) is 68.3 Å². The Labute approximate surface area is 164 Å². The smallest absolute Gasteiger partial charge is 0.340 e. The number of para-hydroxylation sites is 1. The average Bonchev–Trinajstić information content (AvgIpc) is 2.72. The van der Waals surface area contributed by atoms with E-state index in [-0.39, 0.29) is 18.6 Å². The molecule has 1 atom stereocenters. The van der Waals surface area contributed by atoms with Crippen LogP contribution in [0.3, 0.4) is 0 Å². The van der Waals surface area contributed by atoms with Crippen LogP contribution < -0.4 is 5.32 Å². The predicted molar refractivity (Wildman–Crippen MR) is 109 cm³/mol. The molecule has 3 rings (SSSR count). The van der Waals surface area contributed by atoms with Gasteiger partial charge in [0, 0.05) is 5.39 Å². The SMILES string of the molecule is CCc1nc2ccccc2c(C)c1C(=O)OCC(=O)N[C@@H](C)c1ccccc1. The van der Waals surface area contributed by atoms with E-state index >= 15 is 0 Å². The largest absolute Gasteiger partial charge is 0.452 e. The van der Waals surface area contributed by atoms with Gasteiger partial charge < -0.3 is 10.1 Å². The first-order valence-corrected chi connectivity index (χ1v) is 9.41. The molecule has 0 aliphatic heterocycles. The molecule has 0 fully saturated rings. The van der Waals surface area contributed by atoms with Crippen molar-refractivity contribution in [1.29, 1.82) is 0 Å². The highest BCUT2D eigenvalue weighted by Crippen LogP contribution is 2.24. The number of amides is 1. The number of aromatic nitrogens is 1. The third-order valence-electron chi connectivity index (χ3n) is 4.78. The van der Waals surface area contributed by atoms with Gasteiger partial charge in [-0.2, -0.15) is 0 Å². The van der Waals surface area contributed by atoms with Crippen molar-refractivity contribution in [2.45, 2.75) is 33.2 Å². The summed E-state index contributed by atoms with van der Waals surface area (Å²) in [6.07, 6.45) is 0.605. The second kappa shape index (κ2) is 8.65. The van der Waals surface area contributed by atoms with Gasteiger partial charge in [-0.3, -0.25) is 9.78 Å². The Morgan fingerprint density at radius 3 is 2.46 bits per heavy atom. The summed E-state index contributed by atoms with van der Waals surface area (Å²) in [6.45, 7) is 5.39. The van der Waals surface area contributed by atoms with Crippen LogP contribution in [0.5, 0.6) is 0 Å². The van der Waals surface area contributed by atoms with Gasteiger partial charge >= 0.3 is 5.97 Å². The normalized spacial score (nSPS) is 11.8. The number of hydrogen-bond acceptors (Lipinski definition) is 4. The number of rotatable bonds is 6. The molecule has 28 heavy (non-hydrogen) atoms.